The van der Waals surface area contributed by atoms with Gasteiger partial charge in [-0.05, 0) is 16.0 Å². The molecule has 80 valence electrons. The highest BCUT2D eigenvalue weighted by Crippen LogP contribution is 2.44. The zero-order valence-electron chi connectivity index (χ0n) is 10.9. The van der Waals surface area contributed by atoms with Gasteiger partial charge >= 0.3 is 0 Å². The van der Waals surface area contributed by atoms with Crippen molar-refractivity contribution < 1.29 is 0 Å². The van der Waals surface area contributed by atoms with Gasteiger partial charge in [0.2, 0.25) is 0 Å². The Morgan fingerprint density at radius 3 is 1.23 bits per heavy atom. The lowest BCUT2D eigenvalue weighted by Gasteiger charge is -2.40. The molecule has 0 nitrogen and oxygen atoms in total. The van der Waals surface area contributed by atoms with Crippen LogP contribution < -0.4 is 0 Å². The van der Waals surface area contributed by atoms with Gasteiger partial charge in [-0.3, -0.25) is 0 Å². The minimum Gasteiger partial charge on any atom is -0.0631 e. The molecular formula is C12H28Si. The Morgan fingerprint density at radius 2 is 1.15 bits per heavy atom. The van der Waals surface area contributed by atoms with E-state index in [-0.39, 0.29) is 0 Å². The average molecular weight is 200 g/mol. The minimum atomic E-state index is -0.668. The Hall–Kier alpha value is 0.217. The van der Waals surface area contributed by atoms with Crippen LogP contribution in [-0.4, -0.2) is 8.80 Å². The van der Waals surface area contributed by atoms with Crippen molar-refractivity contribution in [2.75, 3.05) is 0 Å². The van der Waals surface area contributed by atoms with Crippen molar-refractivity contribution in [3.05, 3.63) is 0 Å². The van der Waals surface area contributed by atoms with Crippen LogP contribution in [0, 0.1) is 5.92 Å². The number of hydrogen-bond donors (Lipinski definition) is 0. The van der Waals surface area contributed by atoms with Crippen LogP contribution in [0.1, 0.15) is 55.4 Å². The van der Waals surface area contributed by atoms with Gasteiger partial charge in [0.25, 0.3) is 0 Å². The zero-order chi connectivity index (χ0) is 10.9. The van der Waals surface area contributed by atoms with E-state index in [1.54, 1.807) is 0 Å². The van der Waals surface area contributed by atoms with Crippen molar-refractivity contribution in [2.45, 2.75) is 71.5 Å². The summed E-state index contributed by atoms with van der Waals surface area (Å²) in [4.78, 5) is 0. The monoisotopic (exact) mass is 200 g/mol. The molecule has 0 atom stereocenters. The summed E-state index contributed by atoms with van der Waals surface area (Å²) in [7, 11) is -0.668. The number of rotatable bonds is 2. The van der Waals surface area contributed by atoms with Gasteiger partial charge in [-0.25, -0.2) is 0 Å². The van der Waals surface area contributed by atoms with Gasteiger partial charge in [-0.2, -0.15) is 0 Å². The molecule has 13 heavy (non-hydrogen) atoms. The summed E-state index contributed by atoms with van der Waals surface area (Å²) in [6.07, 6.45) is 0. The molecule has 0 heterocycles. The van der Waals surface area contributed by atoms with Crippen LogP contribution in [-0.2, 0) is 0 Å². The highest BCUT2D eigenvalue weighted by atomic mass is 28.3. The largest absolute Gasteiger partial charge is 0.0631 e. The normalized spacial score (nSPS) is 14.3. The first-order valence-corrected chi connectivity index (χ1v) is 7.52. The van der Waals surface area contributed by atoms with E-state index in [4.69, 9.17) is 0 Å². The summed E-state index contributed by atoms with van der Waals surface area (Å²) in [6, 6.07) is 1.48. The second kappa shape index (κ2) is 4.16. The molecule has 0 aliphatic carbocycles. The molecule has 0 aliphatic heterocycles. The van der Waals surface area contributed by atoms with Crippen molar-refractivity contribution in [3.8, 4) is 0 Å². The van der Waals surface area contributed by atoms with Gasteiger partial charge in [0.15, 0.2) is 0 Å². The second-order valence-electron chi connectivity index (χ2n) is 6.91. The summed E-state index contributed by atoms with van der Waals surface area (Å²) in [5.74, 6) is 0.870. The number of hydrogen-bond acceptors (Lipinski definition) is 0. The van der Waals surface area contributed by atoms with E-state index in [1.165, 1.54) is 6.04 Å². The zero-order valence-corrected chi connectivity index (χ0v) is 12.0. The molecule has 0 saturated carbocycles. The summed E-state index contributed by atoms with van der Waals surface area (Å²) in [6.45, 7) is 19.3. The summed E-state index contributed by atoms with van der Waals surface area (Å²) >= 11 is 0. The third-order valence-corrected chi connectivity index (χ3v) is 8.39. The Balaban J connectivity index is 4.58. The molecule has 0 spiro atoms. The molecule has 0 aliphatic rings. The van der Waals surface area contributed by atoms with Crippen molar-refractivity contribution in [1.29, 1.82) is 0 Å². The second-order valence-corrected chi connectivity index (χ2v) is 12.0. The molecule has 0 N–H and O–H groups in total. The quantitative estimate of drug-likeness (QED) is 0.577. The summed E-state index contributed by atoms with van der Waals surface area (Å²) in [5, 5.41) is 1.14. The maximum atomic E-state index is 2.43. The van der Waals surface area contributed by atoms with Crippen molar-refractivity contribution in [2.24, 2.45) is 5.92 Å². The lowest BCUT2D eigenvalue weighted by atomic mass is 10.2. The molecule has 0 fully saturated rings. The fraction of sp³-hybridized carbons (Fsp3) is 1.00. The smallest absolute Gasteiger partial charge is 0.0479 e. The molecule has 0 bridgehead atoms. The fourth-order valence-corrected chi connectivity index (χ4v) is 7.43. The Morgan fingerprint density at radius 1 is 0.846 bits per heavy atom. The third-order valence-electron chi connectivity index (χ3n) is 2.80. The van der Waals surface area contributed by atoms with Crippen molar-refractivity contribution in [1.82, 2.24) is 0 Å². The predicted molar refractivity (Wildman–Crippen MR) is 66.2 cm³/mol. The van der Waals surface area contributed by atoms with E-state index >= 15 is 0 Å². The van der Waals surface area contributed by atoms with Crippen molar-refractivity contribution in [3.63, 3.8) is 0 Å². The highest BCUT2D eigenvalue weighted by molar-refractivity contribution is 6.65. The molecule has 0 rings (SSSR count). The molecule has 0 amide bonds. The van der Waals surface area contributed by atoms with Crippen LogP contribution >= 0.6 is 0 Å². The van der Waals surface area contributed by atoms with Crippen LogP contribution in [0.3, 0.4) is 0 Å². The van der Waals surface area contributed by atoms with Crippen molar-refractivity contribution >= 4 is 8.80 Å². The Kier molecular flexibility index (Phi) is 4.23. The maximum Gasteiger partial charge on any atom is 0.0479 e. The molecule has 0 radical (unpaired) electrons. The first-order valence-electron chi connectivity index (χ1n) is 5.55. The van der Waals surface area contributed by atoms with Gasteiger partial charge in [0.05, 0.1) is 0 Å². The van der Waals surface area contributed by atoms with Gasteiger partial charge < -0.3 is 0 Å². The van der Waals surface area contributed by atoms with Gasteiger partial charge in [-0.1, -0.05) is 61.4 Å². The van der Waals surface area contributed by atoms with Crippen LogP contribution in [0.5, 0.6) is 0 Å². The van der Waals surface area contributed by atoms with E-state index in [9.17, 15) is 0 Å². The molecule has 1 heteroatoms. The van der Waals surface area contributed by atoms with E-state index in [1.807, 2.05) is 0 Å². The van der Waals surface area contributed by atoms with E-state index in [0.717, 1.165) is 5.92 Å². The summed E-state index contributed by atoms with van der Waals surface area (Å²) in [5.41, 5.74) is 0. The molecule has 0 unspecified atom stereocenters. The average Bonchev–Trinajstić information content (AvgIpc) is 1.77. The minimum absolute atomic E-state index is 0.572. The third kappa shape index (κ3) is 4.85. The van der Waals surface area contributed by atoms with E-state index in [2.05, 4.69) is 55.4 Å². The molecule has 0 aromatic carbocycles. The molecule has 0 aromatic rings. The lowest BCUT2D eigenvalue weighted by Crippen LogP contribution is -2.36. The lowest BCUT2D eigenvalue weighted by molar-refractivity contribution is 0.604. The molecule has 0 aromatic heterocycles. The fourth-order valence-electron chi connectivity index (χ4n) is 2.48. The Bertz CT molecular complexity index is 131. The summed E-state index contributed by atoms with van der Waals surface area (Å²) < 4.78 is 0. The van der Waals surface area contributed by atoms with Crippen LogP contribution in [0.25, 0.3) is 0 Å². The first-order chi connectivity index (χ1) is 5.55. The molecule has 0 saturated heterocycles. The van der Waals surface area contributed by atoms with Crippen LogP contribution in [0.2, 0.25) is 16.1 Å². The van der Waals surface area contributed by atoms with Gasteiger partial charge in [0, 0.05) is 8.80 Å². The maximum absolute atomic E-state index is 2.43. The van der Waals surface area contributed by atoms with Crippen LogP contribution in [0.15, 0.2) is 0 Å². The van der Waals surface area contributed by atoms with Crippen LogP contribution in [0.4, 0.5) is 0 Å². The predicted octanol–water partition coefficient (Wildman–Crippen LogP) is 4.47. The van der Waals surface area contributed by atoms with E-state index < -0.39 is 8.80 Å². The molecular weight excluding hydrogens is 172 g/mol. The topological polar surface area (TPSA) is 0 Å². The highest BCUT2D eigenvalue weighted by Gasteiger charge is 2.36. The first kappa shape index (κ1) is 13.2. The van der Waals surface area contributed by atoms with Gasteiger partial charge in [0.1, 0.15) is 0 Å². The van der Waals surface area contributed by atoms with Gasteiger partial charge in [-0.15, -0.1) is 0 Å². The SMILES string of the molecule is CC(C)C[SiH](C(C)(C)C)C(C)(C)C. The Labute approximate surface area is 86.7 Å². The van der Waals surface area contributed by atoms with E-state index in [0.29, 0.717) is 10.1 Å². The standard InChI is InChI=1S/C12H28Si/c1-10(2)9-13(11(3,4)5)12(6,7)8/h10,13H,9H2,1-8H3.